The van der Waals surface area contributed by atoms with Crippen LogP contribution in [0, 0.1) is 17.8 Å². The Morgan fingerprint density at radius 2 is 1.84 bits per heavy atom. The largest absolute Gasteiger partial charge is 0.373 e. The molecule has 0 aromatic heterocycles. The molecule has 0 aromatic rings. The Kier molecular flexibility index (Phi) is 7.38. The molecular weight excluding hydrogens is 234 g/mol. The van der Waals surface area contributed by atoms with Crippen LogP contribution in [-0.4, -0.2) is 25.8 Å². The van der Waals surface area contributed by atoms with Gasteiger partial charge in [0.05, 0.1) is 5.60 Å². The van der Waals surface area contributed by atoms with Crippen molar-refractivity contribution in [3.05, 3.63) is 0 Å². The number of hydrogen-bond donors (Lipinski definition) is 1. The predicted molar refractivity (Wildman–Crippen MR) is 83.5 cm³/mol. The molecule has 19 heavy (non-hydrogen) atoms. The molecule has 1 rings (SSSR count). The van der Waals surface area contributed by atoms with E-state index >= 15 is 0 Å². The summed E-state index contributed by atoms with van der Waals surface area (Å²) in [5, 5.41) is 3.35. The highest BCUT2D eigenvalue weighted by Gasteiger charge is 2.36. The molecule has 0 saturated heterocycles. The quantitative estimate of drug-likeness (QED) is 0.711. The molecule has 114 valence electrons. The van der Waals surface area contributed by atoms with Crippen molar-refractivity contribution < 1.29 is 4.74 Å². The predicted octanol–water partition coefficient (Wildman–Crippen LogP) is 4.24. The number of rotatable bonds is 8. The van der Waals surface area contributed by atoms with Crippen LogP contribution < -0.4 is 5.32 Å². The summed E-state index contributed by atoms with van der Waals surface area (Å²) < 4.78 is 6.39. The normalized spacial score (nSPS) is 29.7. The zero-order valence-electron chi connectivity index (χ0n) is 13.8. The molecule has 0 bridgehead atoms. The maximum absolute atomic E-state index is 6.39. The van der Waals surface area contributed by atoms with Crippen molar-refractivity contribution in [1.82, 2.24) is 5.32 Å². The number of nitrogens with one attached hydrogen (secondary N) is 1. The van der Waals surface area contributed by atoms with E-state index in [9.17, 15) is 0 Å². The average molecular weight is 269 g/mol. The minimum absolute atomic E-state index is 0.113. The molecule has 2 heteroatoms. The molecule has 0 radical (unpaired) electrons. The molecule has 0 heterocycles. The molecule has 1 unspecified atom stereocenters. The van der Waals surface area contributed by atoms with E-state index < -0.39 is 0 Å². The van der Waals surface area contributed by atoms with Gasteiger partial charge in [-0.25, -0.2) is 0 Å². The van der Waals surface area contributed by atoms with Gasteiger partial charge in [-0.2, -0.15) is 0 Å². The lowest BCUT2D eigenvalue weighted by Crippen LogP contribution is -2.46. The molecule has 0 amide bonds. The fourth-order valence-corrected chi connectivity index (χ4v) is 3.42. The van der Waals surface area contributed by atoms with Gasteiger partial charge in [0.15, 0.2) is 0 Å². The molecule has 1 atom stereocenters. The van der Waals surface area contributed by atoms with Crippen molar-refractivity contribution in [3.8, 4) is 0 Å². The maximum Gasteiger partial charge on any atom is 0.0806 e. The van der Waals surface area contributed by atoms with Crippen LogP contribution in [0.3, 0.4) is 0 Å². The highest BCUT2D eigenvalue weighted by molar-refractivity contribution is 4.89. The van der Waals surface area contributed by atoms with Gasteiger partial charge in [-0.05, 0) is 56.9 Å². The van der Waals surface area contributed by atoms with E-state index in [2.05, 4.69) is 40.1 Å². The zero-order chi connectivity index (χ0) is 14.3. The van der Waals surface area contributed by atoms with E-state index in [0.717, 1.165) is 25.0 Å². The van der Waals surface area contributed by atoms with Crippen LogP contribution in [0.2, 0.25) is 0 Å². The van der Waals surface area contributed by atoms with Crippen LogP contribution in [0.15, 0.2) is 0 Å². The van der Waals surface area contributed by atoms with Crippen LogP contribution in [0.4, 0.5) is 0 Å². The molecule has 2 nitrogen and oxygen atoms in total. The highest BCUT2D eigenvalue weighted by atomic mass is 16.5. The van der Waals surface area contributed by atoms with E-state index in [1.807, 2.05) is 0 Å². The summed E-state index contributed by atoms with van der Waals surface area (Å²) in [5.74, 6) is 2.43. The monoisotopic (exact) mass is 269 g/mol. The fraction of sp³-hybridized carbons (Fsp3) is 1.00. The molecule has 1 aliphatic carbocycles. The molecule has 0 aromatic carbocycles. The van der Waals surface area contributed by atoms with Crippen molar-refractivity contribution in [2.75, 3.05) is 20.2 Å². The lowest BCUT2D eigenvalue weighted by atomic mass is 9.74. The van der Waals surface area contributed by atoms with E-state index in [0.29, 0.717) is 5.92 Å². The first kappa shape index (κ1) is 17.0. The van der Waals surface area contributed by atoms with Crippen LogP contribution in [0.1, 0.15) is 66.2 Å². The third-order valence-corrected chi connectivity index (χ3v) is 4.84. The molecule has 1 fully saturated rings. The van der Waals surface area contributed by atoms with E-state index in [1.54, 1.807) is 0 Å². The molecule has 1 aliphatic rings. The lowest BCUT2D eigenvalue weighted by Gasteiger charge is -2.41. The van der Waals surface area contributed by atoms with Crippen molar-refractivity contribution in [3.63, 3.8) is 0 Å². The van der Waals surface area contributed by atoms with Crippen molar-refractivity contribution >= 4 is 0 Å². The third-order valence-electron chi connectivity index (χ3n) is 4.84. The summed E-state index contributed by atoms with van der Waals surface area (Å²) in [6.07, 6.45) is 7.68. The van der Waals surface area contributed by atoms with E-state index in [-0.39, 0.29) is 5.60 Å². The first-order chi connectivity index (χ1) is 9.03. The number of hydrogen-bond acceptors (Lipinski definition) is 2. The molecule has 0 spiro atoms. The fourth-order valence-electron chi connectivity index (χ4n) is 3.42. The van der Waals surface area contributed by atoms with Crippen molar-refractivity contribution in [2.24, 2.45) is 17.8 Å². The smallest absolute Gasteiger partial charge is 0.0806 e. The SMILES string of the molecule is CCCC(C)COC1(CNC)CCC(C(C)C)CC1. The van der Waals surface area contributed by atoms with Crippen molar-refractivity contribution in [1.29, 1.82) is 0 Å². The molecular formula is C17H35NO. The van der Waals surface area contributed by atoms with Gasteiger partial charge < -0.3 is 10.1 Å². The van der Waals surface area contributed by atoms with Gasteiger partial charge in [0.25, 0.3) is 0 Å². The first-order valence-corrected chi connectivity index (χ1v) is 8.31. The van der Waals surface area contributed by atoms with Crippen LogP contribution in [-0.2, 0) is 4.74 Å². The van der Waals surface area contributed by atoms with E-state index in [1.165, 1.54) is 38.5 Å². The Morgan fingerprint density at radius 3 is 2.32 bits per heavy atom. The summed E-state index contributed by atoms with van der Waals surface area (Å²) >= 11 is 0. The van der Waals surface area contributed by atoms with Crippen LogP contribution >= 0.6 is 0 Å². The van der Waals surface area contributed by atoms with Gasteiger partial charge in [0.2, 0.25) is 0 Å². The summed E-state index contributed by atoms with van der Waals surface area (Å²) in [4.78, 5) is 0. The second kappa shape index (κ2) is 8.26. The molecule has 0 aliphatic heterocycles. The standard InChI is InChI=1S/C17H35NO/c1-6-7-15(4)12-19-17(13-18-5)10-8-16(9-11-17)14(2)3/h14-16,18H,6-13H2,1-5H3. The molecule has 1 N–H and O–H groups in total. The molecule has 1 saturated carbocycles. The zero-order valence-corrected chi connectivity index (χ0v) is 13.8. The maximum atomic E-state index is 6.39. The third kappa shape index (κ3) is 5.43. The van der Waals surface area contributed by atoms with Gasteiger partial charge in [-0.1, -0.05) is 34.1 Å². The first-order valence-electron chi connectivity index (χ1n) is 8.31. The summed E-state index contributed by atoms with van der Waals surface area (Å²) in [6.45, 7) is 11.2. The summed E-state index contributed by atoms with van der Waals surface area (Å²) in [6, 6.07) is 0. The summed E-state index contributed by atoms with van der Waals surface area (Å²) in [7, 11) is 2.05. The Balaban J connectivity index is 2.47. The lowest BCUT2D eigenvalue weighted by molar-refractivity contribution is -0.0896. The van der Waals surface area contributed by atoms with E-state index in [4.69, 9.17) is 4.74 Å². The topological polar surface area (TPSA) is 21.3 Å². The Bertz CT molecular complexity index is 231. The second-order valence-electron chi connectivity index (χ2n) is 7.00. The van der Waals surface area contributed by atoms with Crippen LogP contribution in [0.25, 0.3) is 0 Å². The number of likely N-dealkylation sites (N-methyl/N-ethyl adjacent to an activating group) is 1. The average Bonchev–Trinajstić information content (AvgIpc) is 2.38. The minimum atomic E-state index is 0.113. The van der Waals surface area contributed by atoms with Crippen molar-refractivity contribution in [2.45, 2.75) is 71.8 Å². The van der Waals surface area contributed by atoms with Gasteiger partial charge in [0.1, 0.15) is 0 Å². The highest BCUT2D eigenvalue weighted by Crippen LogP contribution is 2.38. The van der Waals surface area contributed by atoms with Gasteiger partial charge in [-0.3, -0.25) is 0 Å². The van der Waals surface area contributed by atoms with Gasteiger partial charge in [-0.15, -0.1) is 0 Å². The Morgan fingerprint density at radius 1 is 1.21 bits per heavy atom. The minimum Gasteiger partial charge on any atom is -0.373 e. The van der Waals surface area contributed by atoms with Gasteiger partial charge in [0, 0.05) is 13.2 Å². The number of ether oxygens (including phenoxy) is 1. The Labute approximate surface area is 120 Å². The van der Waals surface area contributed by atoms with Gasteiger partial charge >= 0.3 is 0 Å². The second-order valence-corrected chi connectivity index (χ2v) is 7.00. The summed E-state index contributed by atoms with van der Waals surface area (Å²) in [5.41, 5.74) is 0.113. The Hall–Kier alpha value is -0.0800. The van der Waals surface area contributed by atoms with Crippen LogP contribution in [0.5, 0.6) is 0 Å².